The van der Waals surface area contributed by atoms with E-state index >= 15 is 0 Å². The molecule has 10 heteroatoms. The first-order valence-electron chi connectivity index (χ1n) is 13.0. The fraction of sp³-hybridized carbons (Fsp3) is 0.444. The molecule has 1 atom stereocenters. The van der Waals surface area contributed by atoms with E-state index in [1.54, 1.807) is 6.20 Å². The van der Waals surface area contributed by atoms with Gasteiger partial charge in [0.2, 0.25) is 5.95 Å². The Kier molecular flexibility index (Phi) is 6.29. The minimum Gasteiger partial charge on any atom is -0.324 e. The van der Waals surface area contributed by atoms with Crippen molar-refractivity contribution in [1.82, 2.24) is 39.3 Å². The van der Waals surface area contributed by atoms with Crippen LogP contribution in [0.3, 0.4) is 0 Å². The highest BCUT2D eigenvalue weighted by molar-refractivity contribution is 5.78. The van der Waals surface area contributed by atoms with Crippen LogP contribution in [0.5, 0.6) is 0 Å². The Bertz CT molecular complexity index is 1420. The first-order valence-corrected chi connectivity index (χ1v) is 13.0. The fourth-order valence-electron chi connectivity index (χ4n) is 5.67. The Morgan fingerprint density at radius 2 is 1.95 bits per heavy atom. The largest absolute Gasteiger partial charge is 0.324 e. The maximum atomic E-state index is 14.8. The summed E-state index contributed by atoms with van der Waals surface area (Å²) in [5, 5.41) is 3.12. The van der Waals surface area contributed by atoms with E-state index in [2.05, 4.69) is 64.5 Å². The highest BCUT2D eigenvalue weighted by Gasteiger charge is 2.30. The van der Waals surface area contributed by atoms with Crippen LogP contribution in [-0.4, -0.2) is 71.5 Å². The lowest BCUT2D eigenvalue weighted by atomic mass is 10.1. The Balaban J connectivity index is 1.18. The second-order valence-electron chi connectivity index (χ2n) is 10.3. The monoisotopic (exact) mass is 501 g/mol. The summed E-state index contributed by atoms with van der Waals surface area (Å²) < 4.78 is 16.9. The molecule has 2 fully saturated rings. The zero-order valence-electron chi connectivity index (χ0n) is 21.5. The molecule has 2 aliphatic heterocycles. The molecule has 0 spiro atoms. The molecular formula is C27H32FN9. The molecule has 4 aromatic rings. The molecule has 0 unspecified atom stereocenters. The highest BCUT2D eigenvalue weighted by atomic mass is 19.1. The van der Waals surface area contributed by atoms with Gasteiger partial charge >= 0.3 is 0 Å². The first kappa shape index (κ1) is 23.9. The number of nitrogens with one attached hydrogen (secondary N) is 1. The number of pyridine rings is 2. The predicted molar refractivity (Wildman–Crippen MR) is 141 cm³/mol. The fourth-order valence-corrected chi connectivity index (χ4v) is 5.67. The van der Waals surface area contributed by atoms with Crippen LogP contribution < -0.4 is 5.32 Å². The number of hydrogen-bond donors (Lipinski definition) is 1. The summed E-state index contributed by atoms with van der Waals surface area (Å²) in [4.78, 5) is 27.3. The van der Waals surface area contributed by atoms with E-state index in [0.717, 1.165) is 37.5 Å². The van der Waals surface area contributed by atoms with Gasteiger partial charge < -0.3 is 9.88 Å². The molecule has 0 amide bonds. The van der Waals surface area contributed by atoms with Crippen LogP contribution in [-0.2, 0) is 6.54 Å². The molecule has 192 valence electrons. The third-order valence-electron chi connectivity index (χ3n) is 7.40. The number of aromatic nitrogens is 6. The average Bonchev–Trinajstić information content (AvgIpc) is 3.49. The Morgan fingerprint density at radius 3 is 2.76 bits per heavy atom. The molecule has 0 aliphatic carbocycles. The Hall–Kier alpha value is -3.50. The number of nitrogens with zero attached hydrogens (tertiary/aromatic N) is 8. The van der Waals surface area contributed by atoms with Crippen LogP contribution in [0.15, 0.2) is 36.8 Å². The number of piperazine rings is 1. The summed E-state index contributed by atoms with van der Waals surface area (Å²) in [6.07, 6.45) is 7.30. The third kappa shape index (κ3) is 4.78. The maximum Gasteiger partial charge on any atom is 0.229 e. The van der Waals surface area contributed by atoms with Crippen molar-refractivity contribution >= 4 is 22.9 Å². The van der Waals surface area contributed by atoms with E-state index in [0.29, 0.717) is 23.1 Å². The van der Waals surface area contributed by atoms with Crippen LogP contribution in [0.2, 0.25) is 0 Å². The Morgan fingerprint density at radius 1 is 1.05 bits per heavy atom. The van der Waals surface area contributed by atoms with Gasteiger partial charge in [-0.05, 0) is 57.9 Å². The second-order valence-corrected chi connectivity index (χ2v) is 10.3. The molecule has 6 rings (SSSR count). The van der Waals surface area contributed by atoms with Crippen molar-refractivity contribution in [2.75, 3.05) is 31.5 Å². The number of anilines is 2. The molecule has 0 bridgehead atoms. The number of hydrogen-bond acceptors (Lipinski definition) is 8. The second kappa shape index (κ2) is 9.75. The molecule has 2 aliphatic rings. The molecule has 6 heterocycles. The molecule has 0 saturated carbocycles. The average molecular weight is 502 g/mol. The van der Waals surface area contributed by atoms with E-state index in [9.17, 15) is 4.39 Å². The van der Waals surface area contributed by atoms with Crippen molar-refractivity contribution in [2.24, 2.45) is 0 Å². The summed E-state index contributed by atoms with van der Waals surface area (Å²) in [5.74, 6) is 1.26. The normalized spacial score (nSPS) is 18.6. The van der Waals surface area contributed by atoms with Crippen LogP contribution in [0.25, 0.3) is 22.4 Å². The van der Waals surface area contributed by atoms with Gasteiger partial charge in [0.25, 0.3) is 0 Å². The van der Waals surface area contributed by atoms with E-state index in [4.69, 9.17) is 0 Å². The van der Waals surface area contributed by atoms with Gasteiger partial charge in [-0.2, -0.15) is 0 Å². The van der Waals surface area contributed by atoms with Crippen molar-refractivity contribution < 1.29 is 4.39 Å². The van der Waals surface area contributed by atoms with Crippen molar-refractivity contribution in [3.63, 3.8) is 0 Å². The van der Waals surface area contributed by atoms with E-state index in [1.807, 2.05) is 25.3 Å². The van der Waals surface area contributed by atoms with Gasteiger partial charge in [0.1, 0.15) is 17.3 Å². The van der Waals surface area contributed by atoms with Gasteiger partial charge in [0.15, 0.2) is 11.5 Å². The zero-order chi connectivity index (χ0) is 25.5. The zero-order valence-corrected chi connectivity index (χ0v) is 21.5. The minimum absolute atomic E-state index is 0.184. The van der Waals surface area contributed by atoms with Crippen molar-refractivity contribution in [2.45, 2.75) is 52.2 Å². The van der Waals surface area contributed by atoms with E-state index < -0.39 is 5.82 Å². The van der Waals surface area contributed by atoms with Crippen LogP contribution in [0, 0.1) is 12.7 Å². The quantitative estimate of drug-likeness (QED) is 0.418. The SMILES string of the molecule is Cc1nc2ncc(-c3nc(Nc4ccc(CN5CCN6CCC[C@H]6C5)cn4)ncc3F)cc2n1C(C)C. The molecule has 4 aromatic heterocycles. The van der Waals surface area contributed by atoms with Crippen molar-refractivity contribution in [1.29, 1.82) is 0 Å². The summed E-state index contributed by atoms with van der Waals surface area (Å²) in [7, 11) is 0. The van der Waals surface area contributed by atoms with Gasteiger partial charge in [0, 0.05) is 56.2 Å². The third-order valence-corrected chi connectivity index (χ3v) is 7.40. The van der Waals surface area contributed by atoms with Gasteiger partial charge in [-0.15, -0.1) is 0 Å². The summed E-state index contributed by atoms with van der Waals surface area (Å²) >= 11 is 0. The molecule has 0 radical (unpaired) electrons. The summed E-state index contributed by atoms with van der Waals surface area (Å²) in [5.41, 5.74) is 3.42. The lowest BCUT2D eigenvalue weighted by Crippen LogP contribution is -2.49. The molecule has 9 nitrogen and oxygen atoms in total. The van der Waals surface area contributed by atoms with Crippen LogP contribution in [0.1, 0.15) is 44.1 Å². The topological polar surface area (TPSA) is 87.9 Å². The highest BCUT2D eigenvalue weighted by Crippen LogP contribution is 2.27. The summed E-state index contributed by atoms with van der Waals surface area (Å²) in [6.45, 7) is 11.7. The van der Waals surface area contributed by atoms with Gasteiger partial charge in [-0.1, -0.05) is 6.07 Å². The summed E-state index contributed by atoms with van der Waals surface area (Å²) in [6, 6.07) is 6.80. The first-order chi connectivity index (χ1) is 17.9. The van der Waals surface area contributed by atoms with Crippen LogP contribution in [0.4, 0.5) is 16.2 Å². The molecule has 0 aromatic carbocycles. The molecule has 37 heavy (non-hydrogen) atoms. The van der Waals surface area contributed by atoms with Gasteiger partial charge in [-0.3, -0.25) is 9.80 Å². The molecule has 2 saturated heterocycles. The van der Waals surface area contributed by atoms with E-state index in [-0.39, 0.29) is 17.7 Å². The van der Waals surface area contributed by atoms with Gasteiger partial charge in [-0.25, -0.2) is 29.3 Å². The van der Waals surface area contributed by atoms with Crippen molar-refractivity contribution in [3.05, 3.63) is 54.0 Å². The minimum atomic E-state index is -0.510. The molecular weight excluding hydrogens is 469 g/mol. The number of aryl methyl sites for hydroxylation is 1. The lowest BCUT2D eigenvalue weighted by molar-refractivity contribution is 0.0993. The number of halogens is 1. The molecule has 1 N–H and O–H groups in total. The maximum absolute atomic E-state index is 14.8. The lowest BCUT2D eigenvalue weighted by Gasteiger charge is -2.37. The van der Waals surface area contributed by atoms with E-state index in [1.165, 1.54) is 31.1 Å². The van der Waals surface area contributed by atoms with Crippen LogP contribution >= 0.6 is 0 Å². The standard InChI is InChI=1S/C27H32FN9/c1-17(2)37-18(3)32-26-23(37)11-20(13-30-26)25-22(28)14-31-27(34-25)33-24-7-6-19(12-29-24)15-35-9-10-36-8-4-5-21(36)16-35/h6-7,11-14,17,21H,4-5,8-10,15-16H2,1-3H3,(H,29,31,33,34)/t21-/m0/s1. The van der Waals surface area contributed by atoms with Gasteiger partial charge in [0.05, 0.1) is 11.7 Å². The number of rotatable bonds is 6. The Labute approximate surface area is 215 Å². The smallest absolute Gasteiger partial charge is 0.229 e. The number of fused-ring (bicyclic) bond motifs is 2. The predicted octanol–water partition coefficient (Wildman–Crippen LogP) is 4.34. The number of imidazole rings is 1. The van der Waals surface area contributed by atoms with Crippen molar-refractivity contribution in [3.8, 4) is 11.3 Å².